The van der Waals surface area contributed by atoms with Crippen LogP contribution in [0.25, 0.3) is 5.57 Å². The summed E-state index contributed by atoms with van der Waals surface area (Å²) in [5, 5.41) is -0.407. The third kappa shape index (κ3) is 5.17. The number of ether oxygens (including phenoxy) is 1. The van der Waals surface area contributed by atoms with Crippen LogP contribution in [0.15, 0.2) is 30.3 Å². The quantitative estimate of drug-likeness (QED) is 0.451. The number of halogens is 1. The Hall–Kier alpha value is -1.28. The summed E-state index contributed by atoms with van der Waals surface area (Å²) in [5.41, 5.74) is 2.68. The molecule has 1 aliphatic carbocycles. The van der Waals surface area contributed by atoms with E-state index in [0.29, 0.717) is 6.42 Å². The Bertz CT molecular complexity index is 505. The van der Waals surface area contributed by atoms with Crippen LogP contribution in [0, 0.1) is 0 Å². The van der Waals surface area contributed by atoms with Crippen molar-refractivity contribution in [1.29, 1.82) is 0 Å². The molecular formula is C19H25ClO2. The van der Waals surface area contributed by atoms with Gasteiger partial charge in [-0.3, -0.25) is 4.79 Å². The average Bonchev–Trinajstić information content (AvgIpc) is 2.55. The van der Waals surface area contributed by atoms with Gasteiger partial charge < -0.3 is 4.74 Å². The summed E-state index contributed by atoms with van der Waals surface area (Å²) >= 11 is 5.65. The normalized spacial score (nSPS) is 16.0. The molecule has 0 aromatic heterocycles. The molecule has 1 aromatic rings. The molecule has 120 valence electrons. The van der Waals surface area contributed by atoms with E-state index < -0.39 is 11.3 Å². The summed E-state index contributed by atoms with van der Waals surface area (Å²) in [6, 6.07) is 8.04. The minimum atomic E-state index is -0.534. The highest BCUT2D eigenvalue weighted by atomic mass is 35.5. The highest BCUT2D eigenvalue weighted by Crippen LogP contribution is 2.28. The molecule has 0 amide bonds. The molecule has 1 aromatic carbocycles. The van der Waals surface area contributed by atoms with E-state index in [0.717, 1.165) is 31.4 Å². The van der Waals surface area contributed by atoms with Crippen molar-refractivity contribution in [2.24, 2.45) is 0 Å². The van der Waals surface area contributed by atoms with Gasteiger partial charge >= 0.3 is 0 Å². The number of carbonyl (C=O) groups excluding carboxylic acids is 1. The minimum Gasteiger partial charge on any atom is -0.481 e. The largest absolute Gasteiger partial charge is 0.481 e. The van der Waals surface area contributed by atoms with Crippen molar-refractivity contribution in [3.8, 4) is 5.75 Å². The highest BCUT2D eigenvalue weighted by Gasteiger charge is 2.17. The molecule has 1 unspecified atom stereocenters. The number of rotatable bonds is 8. The average molecular weight is 321 g/mol. The van der Waals surface area contributed by atoms with E-state index in [4.69, 9.17) is 16.3 Å². The Kier molecular flexibility index (Phi) is 6.98. The van der Waals surface area contributed by atoms with E-state index >= 15 is 0 Å². The van der Waals surface area contributed by atoms with Crippen molar-refractivity contribution in [2.45, 2.75) is 64.4 Å². The van der Waals surface area contributed by atoms with Gasteiger partial charge in [0.1, 0.15) is 5.75 Å². The van der Waals surface area contributed by atoms with Crippen LogP contribution in [0.2, 0.25) is 0 Å². The first-order valence-electron chi connectivity index (χ1n) is 8.36. The first kappa shape index (κ1) is 17.1. The molecule has 2 nitrogen and oxygen atoms in total. The summed E-state index contributed by atoms with van der Waals surface area (Å²) in [6.45, 7) is 2.14. The smallest absolute Gasteiger partial charge is 0.262 e. The second kappa shape index (κ2) is 8.99. The van der Waals surface area contributed by atoms with Crippen molar-refractivity contribution in [2.75, 3.05) is 0 Å². The Morgan fingerprint density at radius 1 is 1.23 bits per heavy atom. The van der Waals surface area contributed by atoms with Crippen LogP contribution in [0.3, 0.4) is 0 Å². The molecule has 3 heteroatoms. The molecule has 0 radical (unpaired) electrons. The van der Waals surface area contributed by atoms with Crippen LogP contribution in [-0.4, -0.2) is 11.3 Å². The second-order valence-electron chi connectivity index (χ2n) is 5.91. The van der Waals surface area contributed by atoms with Crippen molar-refractivity contribution >= 4 is 22.4 Å². The number of hydrogen-bond acceptors (Lipinski definition) is 2. The van der Waals surface area contributed by atoms with Crippen molar-refractivity contribution in [3.05, 3.63) is 35.9 Å². The topological polar surface area (TPSA) is 26.3 Å². The lowest BCUT2D eigenvalue weighted by molar-refractivity contribution is -0.118. The van der Waals surface area contributed by atoms with Crippen molar-refractivity contribution < 1.29 is 9.53 Å². The first-order valence-corrected chi connectivity index (χ1v) is 8.74. The van der Waals surface area contributed by atoms with Gasteiger partial charge in [-0.05, 0) is 73.4 Å². The predicted octanol–water partition coefficient (Wildman–Crippen LogP) is 5.74. The Morgan fingerprint density at radius 2 is 2.00 bits per heavy atom. The molecule has 1 aliphatic rings. The second-order valence-corrected chi connectivity index (χ2v) is 6.28. The number of carbonyl (C=O) groups is 1. The summed E-state index contributed by atoms with van der Waals surface area (Å²) < 4.78 is 5.76. The van der Waals surface area contributed by atoms with E-state index in [-0.39, 0.29) is 0 Å². The third-order valence-corrected chi connectivity index (χ3v) is 4.36. The first-order chi connectivity index (χ1) is 10.7. The van der Waals surface area contributed by atoms with Crippen LogP contribution in [0.1, 0.15) is 63.9 Å². The fraction of sp³-hybridized carbons (Fsp3) is 0.526. The van der Waals surface area contributed by atoms with E-state index in [1.807, 2.05) is 12.1 Å². The maximum Gasteiger partial charge on any atom is 0.262 e. The van der Waals surface area contributed by atoms with Crippen molar-refractivity contribution in [1.82, 2.24) is 0 Å². The number of benzene rings is 1. The zero-order valence-corrected chi connectivity index (χ0v) is 14.1. The number of unbranched alkanes of at least 4 members (excludes halogenated alkanes) is 2. The Morgan fingerprint density at radius 3 is 2.59 bits per heavy atom. The Balaban J connectivity index is 1.96. The third-order valence-electron chi connectivity index (χ3n) is 4.12. The molecule has 2 rings (SSSR count). The van der Waals surface area contributed by atoms with Gasteiger partial charge in [0.2, 0.25) is 0 Å². The lowest BCUT2D eigenvalue weighted by Crippen LogP contribution is -2.23. The molecule has 22 heavy (non-hydrogen) atoms. The van der Waals surface area contributed by atoms with E-state index in [9.17, 15) is 4.79 Å². The standard InChI is InChI=1S/C19H25ClO2/c1-2-3-5-10-18(19(20)21)22-17-13-11-16(12-14-17)15-8-6-4-7-9-15/h8,11-14,18H,2-7,9-10H2,1H3. The summed E-state index contributed by atoms with van der Waals surface area (Å²) in [5.74, 6) is 0.718. The van der Waals surface area contributed by atoms with Gasteiger partial charge in [-0.1, -0.05) is 38.0 Å². The highest BCUT2D eigenvalue weighted by molar-refractivity contribution is 6.64. The van der Waals surface area contributed by atoms with Gasteiger partial charge in [0.05, 0.1) is 0 Å². The fourth-order valence-electron chi connectivity index (χ4n) is 2.81. The zero-order chi connectivity index (χ0) is 15.8. The van der Waals surface area contributed by atoms with Crippen LogP contribution in [0.5, 0.6) is 5.75 Å². The van der Waals surface area contributed by atoms with Crippen LogP contribution < -0.4 is 4.74 Å². The van der Waals surface area contributed by atoms with Crippen LogP contribution in [0.4, 0.5) is 0 Å². The fourth-order valence-corrected chi connectivity index (χ4v) is 2.96. The molecule has 0 spiro atoms. The maximum atomic E-state index is 11.5. The molecule has 0 N–H and O–H groups in total. The molecule has 0 fully saturated rings. The number of allylic oxidation sites excluding steroid dienone is 2. The van der Waals surface area contributed by atoms with Gasteiger partial charge in [-0.15, -0.1) is 0 Å². The molecule has 0 saturated carbocycles. The Labute approximate surface area is 138 Å². The van der Waals surface area contributed by atoms with Gasteiger partial charge in [0.25, 0.3) is 5.24 Å². The maximum absolute atomic E-state index is 11.5. The monoisotopic (exact) mass is 320 g/mol. The summed E-state index contributed by atoms with van der Waals surface area (Å²) in [7, 11) is 0. The predicted molar refractivity (Wildman–Crippen MR) is 92.3 cm³/mol. The van der Waals surface area contributed by atoms with Crippen LogP contribution in [-0.2, 0) is 4.79 Å². The summed E-state index contributed by atoms with van der Waals surface area (Å²) in [6.07, 6.45) is 10.5. The molecular weight excluding hydrogens is 296 g/mol. The lowest BCUT2D eigenvalue weighted by atomic mass is 9.94. The van der Waals surface area contributed by atoms with E-state index in [1.165, 1.54) is 30.4 Å². The molecule has 1 atom stereocenters. The van der Waals surface area contributed by atoms with E-state index in [2.05, 4.69) is 25.1 Å². The number of hydrogen-bond donors (Lipinski definition) is 0. The van der Waals surface area contributed by atoms with Gasteiger partial charge in [-0.25, -0.2) is 0 Å². The molecule has 0 bridgehead atoms. The van der Waals surface area contributed by atoms with Gasteiger partial charge in [0.15, 0.2) is 6.10 Å². The van der Waals surface area contributed by atoms with Gasteiger partial charge in [-0.2, -0.15) is 0 Å². The molecule has 0 heterocycles. The minimum absolute atomic E-state index is 0.407. The zero-order valence-electron chi connectivity index (χ0n) is 13.3. The SMILES string of the molecule is CCCCCC(Oc1ccc(C2=CCCCC2)cc1)C(=O)Cl. The molecule has 0 aliphatic heterocycles. The van der Waals surface area contributed by atoms with Crippen molar-refractivity contribution in [3.63, 3.8) is 0 Å². The molecule has 0 saturated heterocycles. The lowest BCUT2D eigenvalue weighted by Gasteiger charge is -2.17. The van der Waals surface area contributed by atoms with Crippen LogP contribution >= 0.6 is 11.6 Å². The van der Waals surface area contributed by atoms with E-state index in [1.54, 1.807) is 0 Å². The van der Waals surface area contributed by atoms with Gasteiger partial charge in [0, 0.05) is 0 Å². The summed E-state index contributed by atoms with van der Waals surface area (Å²) in [4.78, 5) is 11.5.